The highest BCUT2D eigenvalue weighted by Crippen LogP contribution is 2.35. The molecule has 3 rings (SSSR count). The molecule has 25 heavy (non-hydrogen) atoms. The number of nitrogens with one attached hydrogen (secondary N) is 1. The topological polar surface area (TPSA) is 106 Å². The molecule has 2 aromatic rings. The molecule has 1 aliphatic rings. The third-order valence-electron chi connectivity index (χ3n) is 4.20. The Kier molecular flexibility index (Phi) is 4.74. The smallest absolute Gasteiger partial charge is 0.339 e. The van der Waals surface area contributed by atoms with Crippen LogP contribution in [0.3, 0.4) is 0 Å². The van der Waals surface area contributed by atoms with Gasteiger partial charge in [0.15, 0.2) is 6.61 Å². The summed E-state index contributed by atoms with van der Waals surface area (Å²) < 4.78 is 11.1. The summed E-state index contributed by atoms with van der Waals surface area (Å²) in [6, 6.07) is 3.60. The minimum Gasteiger partial charge on any atom is -0.483 e. The van der Waals surface area contributed by atoms with Crippen LogP contribution in [-0.4, -0.2) is 30.1 Å². The van der Waals surface area contributed by atoms with Crippen molar-refractivity contribution in [3.05, 3.63) is 39.2 Å². The second-order valence-corrected chi connectivity index (χ2v) is 6.12. The van der Waals surface area contributed by atoms with Crippen LogP contribution in [0.15, 0.2) is 21.3 Å². The number of aryl methyl sites for hydroxylation is 2. The second kappa shape index (κ2) is 6.96. The van der Waals surface area contributed by atoms with Crippen molar-refractivity contribution >= 4 is 22.8 Å². The molecule has 132 valence electrons. The fourth-order valence-corrected chi connectivity index (χ4v) is 3.12. The van der Waals surface area contributed by atoms with Crippen molar-refractivity contribution < 1.29 is 23.8 Å². The maximum atomic E-state index is 12.1. The predicted molar refractivity (Wildman–Crippen MR) is 90.0 cm³/mol. The molecular formula is C18H19NO6. The molecule has 1 heterocycles. The summed E-state index contributed by atoms with van der Waals surface area (Å²) in [5.41, 5.74) is 2.64. The average Bonchev–Trinajstić information content (AvgIpc) is 3.02. The number of fused-ring (bicyclic) bond motifs is 3. The van der Waals surface area contributed by atoms with Crippen LogP contribution in [0.4, 0.5) is 0 Å². The van der Waals surface area contributed by atoms with E-state index in [1.807, 2.05) is 13.0 Å². The maximum absolute atomic E-state index is 12.1. The summed E-state index contributed by atoms with van der Waals surface area (Å²) in [7, 11) is 0. The van der Waals surface area contributed by atoms with Crippen molar-refractivity contribution in [3.8, 4) is 5.75 Å². The highest BCUT2D eigenvalue weighted by molar-refractivity contribution is 5.89. The molecular weight excluding hydrogens is 326 g/mol. The summed E-state index contributed by atoms with van der Waals surface area (Å²) in [6.07, 6.45) is 2.22. The highest BCUT2D eigenvalue weighted by atomic mass is 16.5. The van der Waals surface area contributed by atoms with Crippen LogP contribution < -0.4 is 15.7 Å². The van der Waals surface area contributed by atoms with Gasteiger partial charge in [-0.1, -0.05) is 0 Å². The molecule has 0 saturated heterocycles. The zero-order valence-electron chi connectivity index (χ0n) is 13.9. The summed E-state index contributed by atoms with van der Waals surface area (Å²) in [5.74, 6) is -0.869. The largest absolute Gasteiger partial charge is 0.483 e. The zero-order chi connectivity index (χ0) is 18.0. The number of carbonyl (C=O) groups is 2. The van der Waals surface area contributed by atoms with E-state index in [9.17, 15) is 14.4 Å². The lowest BCUT2D eigenvalue weighted by molar-refractivity contribution is -0.137. The molecule has 0 unspecified atom stereocenters. The molecule has 0 bridgehead atoms. The summed E-state index contributed by atoms with van der Waals surface area (Å²) >= 11 is 0. The Morgan fingerprint density at radius 3 is 2.80 bits per heavy atom. The number of benzene rings is 1. The molecule has 2 N–H and O–H groups in total. The van der Waals surface area contributed by atoms with E-state index in [1.165, 1.54) is 0 Å². The summed E-state index contributed by atoms with van der Waals surface area (Å²) in [5, 5.41) is 11.8. The SMILES string of the molecule is Cc1cc(OCC(=O)NCCC(=O)O)c2c3c(c(=O)oc2c1)CCC3. The lowest BCUT2D eigenvalue weighted by Crippen LogP contribution is -2.30. The van der Waals surface area contributed by atoms with Gasteiger partial charge in [0.1, 0.15) is 11.3 Å². The standard InChI is InChI=1S/C18H19NO6/c1-10-7-13(24-9-15(20)19-6-5-16(21)22)17-11-3-2-4-12(11)18(23)25-14(17)8-10/h7-8H,2-6,9H2,1H3,(H,19,20)(H,21,22). The molecule has 0 radical (unpaired) electrons. The first-order valence-corrected chi connectivity index (χ1v) is 8.16. The van der Waals surface area contributed by atoms with E-state index in [0.29, 0.717) is 23.3 Å². The number of hydrogen-bond donors (Lipinski definition) is 2. The van der Waals surface area contributed by atoms with Gasteiger partial charge in [-0.05, 0) is 49.4 Å². The van der Waals surface area contributed by atoms with E-state index in [-0.39, 0.29) is 25.2 Å². The van der Waals surface area contributed by atoms with E-state index >= 15 is 0 Å². The molecule has 0 atom stereocenters. The van der Waals surface area contributed by atoms with Crippen LogP contribution in [0.5, 0.6) is 5.75 Å². The van der Waals surface area contributed by atoms with E-state index in [0.717, 1.165) is 29.4 Å². The number of carbonyl (C=O) groups excluding carboxylic acids is 1. The quantitative estimate of drug-likeness (QED) is 0.770. The monoisotopic (exact) mass is 345 g/mol. The van der Waals surface area contributed by atoms with Gasteiger partial charge in [0.05, 0.1) is 11.8 Å². The van der Waals surface area contributed by atoms with Crippen molar-refractivity contribution in [2.75, 3.05) is 13.2 Å². The van der Waals surface area contributed by atoms with Gasteiger partial charge in [-0.3, -0.25) is 9.59 Å². The minimum atomic E-state index is -0.975. The van der Waals surface area contributed by atoms with Gasteiger partial charge in [0.25, 0.3) is 5.91 Å². The minimum absolute atomic E-state index is 0.0519. The van der Waals surface area contributed by atoms with E-state index in [1.54, 1.807) is 6.07 Å². The third kappa shape index (κ3) is 3.65. The molecule has 1 aromatic carbocycles. The fourth-order valence-electron chi connectivity index (χ4n) is 3.12. The number of amides is 1. The van der Waals surface area contributed by atoms with Crippen molar-refractivity contribution in [3.63, 3.8) is 0 Å². The molecule has 1 aliphatic carbocycles. The molecule has 0 fully saturated rings. The van der Waals surface area contributed by atoms with Gasteiger partial charge < -0.3 is 19.6 Å². The molecule has 1 amide bonds. The molecule has 7 heteroatoms. The second-order valence-electron chi connectivity index (χ2n) is 6.12. The first kappa shape index (κ1) is 17.0. The van der Waals surface area contributed by atoms with Crippen LogP contribution in [0.2, 0.25) is 0 Å². The van der Waals surface area contributed by atoms with Gasteiger partial charge in [0, 0.05) is 12.1 Å². The predicted octanol–water partition coefficient (Wildman–Crippen LogP) is 1.56. The van der Waals surface area contributed by atoms with Crippen LogP contribution in [0, 0.1) is 6.92 Å². The number of rotatable bonds is 6. The number of aliphatic carboxylic acids is 1. The molecule has 0 saturated carbocycles. The number of carboxylic acids is 1. The Hall–Kier alpha value is -2.83. The number of ether oxygens (including phenoxy) is 1. The van der Waals surface area contributed by atoms with Crippen LogP contribution >= 0.6 is 0 Å². The molecule has 7 nitrogen and oxygen atoms in total. The van der Waals surface area contributed by atoms with Gasteiger partial charge in [-0.15, -0.1) is 0 Å². The average molecular weight is 345 g/mol. The van der Waals surface area contributed by atoms with E-state index in [2.05, 4.69) is 5.32 Å². The van der Waals surface area contributed by atoms with E-state index in [4.69, 9.17) is 14.3 Å². The van der Waals surface area contributed by atoms with E-state index < -0.39 is 11.9 Å². The highest BCUT2D eigenvalue weighted by Gasteiger charge is 2.22. The Bertz CT molecular complexity index is 899. The van der Waals surface area contributed by atoms with Gasteiger partial charge in [-0.2, -0.15) is 0 Å². The van der Waals surface area contributed by atoms with Crippen molar-refractivity contribution in [1.82, 2.24) is 5.32 Å². The fraction of sp³-hybridized carbons (Fsp3) is 0.389. The Balaban J connectivity index is 1.84. The summed E-state index contributed by atoms with van der Waals surface area (Å²) in [6.45, 7) is 1.68. The lowest BCUT2D eigenvalue weighted by atomic mass is 10.0. The molecule has 0 aliphatic heterocycles. The molecule has 0 spiro atoms. The Morgan fingerprint density at radius 2 is 2.04 bits per heavy atom. The normalized spacial score (nSPS) is 12.8. The first-order chi connectivity index (χ1) is 12.0. The number of carboxylic acid groups (broad SMARTS) is 1. The zero-order valence-corrected chi connectivity index (χ0v) is 13.9. The lowest BCUT2D eigenvalue weighted by Gasteiger charge is -2.13. The Labute approximate surface area is 143 Å². The first-order valence-electron chi connectivity index (χ1n) is 8.16. The molecule has 1 aromatic heterocycles. The third-order valence-corrected chi connectivity index (χ3v) is 4.20. The summed E-state index contributed by atoms with van der Waals surface area (Å²) in [4.78, 5) is 34.3. The van der Waals surface area contributed by atoms with Crippen LogP contribution in [0.1, 0.15) is 29.5 Å². The van der Waals surface area contributed by atoms with Crippen LogP contribution in [0.25, 0.3) is 11.0 Å². The maximum Gasteiger partial charge on any atom is 0.339 e. The van der Waals surface area contributed by atoms with Crippen LogP contribution in [-0.2, 0) is 22.4 Å². The van der Waals surface area contributed by atoms with Gasteiger partial charge >= 0.3 is 11.6 Å². The van der Waals surface area contributed by atoms with Gasteiger partial charge in [0.2, 0.25) is 0 Å². The van der Waals surface area contributed by atoms with Crippen molar-refractivity contribution in [1.29, 1.82) is 0 Å². The Morgan fingerprint density at radius 1 is 1.28 bits per heavy atom. The van der Waals surface area contributed by atoms with Gasteiger partial charge in [-0.25, -0.2) is 4.79 Å². The van der Waals surface area contributed by atoms with Crippen molar-refractivity contribution in [2.45, 2.75) is 32.6 Å². The van der Waals surface area contributed by atoms with Crippen molar-refractivity contribution in [2.24, 2.45) is 0 Å². The number of hydrogen-bond acceptors (Lipinski definition) is 5.